The van der Waals surface area contributed by atoms with Crippen molar-refractivity contribution < 1.29 is 37.4 Å². The molecular weight excluding hydrogens is 275 g/mol. The molecule has 0 bridgehead atoms. The first-order valence-corrected chi connectivity index (χ1v) is 5.72. The van der Waals surface area contributed by atoms with Gasteiger partial charge in [-0.25, -0.2) is 0 Å². The Kier molecular flexibility index (Phi) is 6.09. The average molecular weight is 293 g/mol. The molecule has 0 aliphatic carbocycles. The molecule has 2 heterocycles. The predicted octanol–water partition coefficient (Wildman–Crippen LogP) is 2.90. The Hall–Kier alpha value is 0.214. The normalized spacial score (nSPS) is 17.2. The Bertz CT molecular complexity index is 304. The number of hydrogen-bond donors (Lipinski definition) is 0. The number of ether oxygens (including phenoxy) is 1. The molecule has 0 atom stereocenters. The minimum atomic E-state index is 0. The molecule has 1 saturated heterocycles. The van der Waals surface area contributed by atoms with Gasteiger partial charge in [-0.15, -0.1) is 5.56 Å². The molecule has 1 radical (unpaired) electrons. The van der Waals surface area contributed by atoms with E-state index in [9.17, 15) is 0 Å². The second-order valence-corrected chi connectivity index (χ2v) is 4.47. The number of hydrogen-bond acceptors (Lipinski definition) is 2. The Balaban J connectivity index is 0.00000128. The first-order chi connectivity index (χ1) is 7.27. The fraction of sp³-hybridized carbons (Fsp3) is 0.615. The van der Waals surface area contributed by atoms with Gasteiger partial charge < -0.3 is 9.72 Å². The zero-order valence-corrected chi connectivity index (χ0v) is 12.9. The molecule has 0 N–H and O–H groups in total. The largest absolute Gasteiger partial charge is 0.387 e. The van der Waals surface area contributed by atoms with E-state index in [0.717, 1.165) is 26.1 Å². The maximum atomic E-state index is 5.35. The Morgan fingerprint density at radius 1 is 1.38 bits per heavy atom. The maximum Gasteiger partial charge on any atom is 0.0462 e. The Labute approximate surface area is 123 Å². The Morgan fingerprint density at radius 2 is 2.06 bits per heavy atom. The summed E-state index contributed by atoms with van der Waals surface area (Å²) in [4.78, 5) is 4.54. The quantitative estimate of drug-likeness (QED) is 0.782. The van der Waals surface area contributed by atoms with Crippen LogP contribution >= 0.6 is 0 Å². The molecule has 0 spiro atoms. The molecule has 1 aromatic heterocycles. The van der Waals surface area contributed by atoms with E-state index < -0.39 is 0 Å². The number of rotatable bonds is 2. The first kappa shape index (κ1) is 14.3. The molecule has 1 fully saturated rings. The number of aromatic nitrogens is 1. The van der Waals surface area contributed by atoms with Crippen molar-refractivity contribution in [1.82, 2.24) is 4.98 Å². The summed E-state index contributed by atoms with van der Waals surface area (Å²) in [6, 6.07) is 5.39. The molecule has 1 aliphatic rings. The topological polar surface area (TPSA) is 22.1 Å². The summed E-state index contributed by atoms with van der Waals surface area (Å²) < 4.78 is 5.35. The van der Waals surface area contributed by atoms with Crippen LogP contribution < -0.4 is 0 Å². The fourth-order valence-electron chi connectivity index (χ4n) is 1.91. The zero-order chi connectivity index (χ0) is 10.7. The third-order valence-corrected chi connectivity index (χ3v) is 3.00. The van der Waals surface area contributed by atoms with Crippen LogP contribution in [0.1, 0.15) is 49.8 Å². The average Bonchev–Trinajstić information content (AvgIpc) is 2.30. The number of nitrogens with zero attached hydrogens (tertiary/aromatic N) is 1. The zero-order valence-electron chi connectivity index (χ0n) is 10.1. The van der Waals surface area contributed by atoms with Gasteiger partial charge in [-0.2, -0.15) is 12.1 Å². The minimum absolute atomic E-state index is 0. The van der Waals surface area contributed by atoms with E-state index in [4.69, 9.17) is 4.74 Å². The van der Waals surface area contributed by atoms with E-state index in [1.54, 1.807) is 0 Å². The molecule has 0 unspecified atom stereocenters. The summed E-state index contributed by atoms with van der Waals surface area (Å²) in [6.45, 7) is 6.08. The molecule has 0 saturated carbocycles. The van der Waals surface area contributed by atoms with Crippen LogP contribution in [-0.4, -0.2) is 18.2 Å². The van der Waals surface area contributed by atoms with E-state index in [2.05, 4.69) is 31.0 Å². The van der Waals surface area contributed by atoms with Crippen molar-refractivity contribution in [2.75, 3.05) is 13.2 Å². The van der Waals surface area contributed by atoms with Crippen LogP contribution in [0, 0.1) is 6.07 Å². The van der Waals surface area contributed by atoms with Crippen molar-refractivity contribution in [3.63, 3.8) is 0 Å². The van der Waals surface area contributed by atoms with Gasteiger partial charge >= 0.3 is 0 Å². The second kappa shape index (κ2) is 6.83. The van der Waals surface area contributed by atoms with Crippen LogP contribution in [0.4, 0.5) is 0 Å². The minimum Gasteiger partial charge on any atom is -0.387 e. The van der Waals surface area contributed by atoms with Gasteiger partial charge in [-0.3, -0.25) is 0 Å². The van der Waals surface area contributed by atoms with Gasteiger partial charge in [-0.1, -0.05) is 25.7 Å². The van der Waals surface area contributed by atoms with Crippen molar-refractivity contribution >= 4 is 0 Å². The monoisotopic (exact) mass is 293 g/mol. The predicted molar refractivity (Wildman–Crippen MR) is 60.0 cm³/mol. The van der Waals surface area contributed by atoms with E-state index >= 15 is 0 Å². The standard InChI is InChI=1S/C13H18NO.Y/c1-10(2)12-3-4-13(14-9-12)11-5-7-15-8-6-11;/h4,9-11H,5-8H2,1-2H3;/q-1;. The van der Waals surface area contributed by atoms with Crippen LogP contribution in [0.25, 0.3) is 0 Å². The molecule has 1 aliphatic heterocycles. The molecule has 0 amide bonds. The molecule has 3 heteroatoms. The van der Waals surface area contributed by atoms with Gasteiger partial charge in [0.2, 0.25) is 0 Å². The molecule has 2 rings (SSSR count). The van der Waals surface area contributed by atoms with Gasteiger partial charge in [-0.05, 0) is 24.7 Å². The molecule has 0 aromatic carbocycles. The van der Waals surface area contributed by atoms with Crippen LogP contribution in [0.15, 0.2) is 12.3 Å². The summed E-state index contributed by atoms with van der Waals surface area (Å²) >= 11 is 0. The van der Waals surface area contributed by atoms with Gasteiger partial charge in [0.1, 0.15) is 0 Å². The van der Waals surface area contributed by atoms with Crippen molar-refractivity contribution in [2.24, 2.45) is 0 Å². The van der Waals surface area contributed by atoms with Gasteiger partial charge in [0, 0.05) is 45.9 Å². The van der Waals surface area contributed by atoms with Crippen molar-refractivity contribution in [3.05, 3.63) is 29.6 Å². The summed E-state index contributed by atoms with van der Waals surface area (Å²) in [5, 5.41) is 0. The molecule has 2 nitrogen and oxygen atoms in total. The second-order valence-electron chi connectivity index (χ2n) is 4.47. The van der Waals surface area contributed by atoms with Crippen molar-refractivity contribution in [3.8, 4) is 0 Å². The van der Waals surface area contributed by atoms with Crippen LogP contribution in [0.3, 0.4) is 0 Å². The fourth-order valence-corrected chi connectivity index (χ4v) is 1.91. The summed E-state index contributed by atoms with van der Waals surface area (Å²) in [5.74, 6) is 1.09. The third-order valence-electron chi connectivity index (χ3n) is 3.00. The van der Waals surface area contributed by atoms with E-state index in [0.29, 0.717) is 11.8 Å². The summed E-state index contributed by atoms with van der Waals surface area (Å²) in [6.07, 6.45) is 4.17. The first-order valence-electron chi connectivity index (χ1n) is 5.72. The molecule has 85 valence electrons. The van der Waals surface area contributed by atoms with Crippen molar-refractivity contribution in [1.29, 1.82) is 0 Å². The maximum absolute atomic E-state index is 5.35. The molecule has 16 heavy (non-hydrogen) atoms. The SMILES string of the molecule is CC(C)c1[c-]cc(C2CCOCC2)nc1.[Y]. The van der Waals surface area contributed by atoms with Gasteiger partial charge in [0.25, 0.3) is 0 Å². The molecule has 1 aromatic rings. The molecular formula is C13H18NOY-. The van der Waals surface area contributed by atoms with Crippen LogP contribution in [-0.2, 0) is 37.4 Å². The summed E-state index contributed by atoms with van der Waals surface area (Å²) in [7, 11) is 0. The van der Waals surface area contributed by atoms with Crippen LogP contribution in [0.5, 0.6) is 0 Å². The van der Waals surface area contributed by atoms with Crippen molar-refractivity contribution in [2.45, 2.75) is 38.5 Å². The van der Waals surface area contributed by atoms with Crippen LogP contribution in [0.2, 0.25) is 0 Å². The smallest absolute Gasteiger partial charge is 0.0462 e. The van der Waals surface area contributed by atoms with E-state index in [1.807, 2.05) is 6.20 Å². The number of pyridine rings is 1. The Morgan fingerprint density at radius 3 is 2.56 bits per heavy atom. The van der Waals surface area contributed by atoms with E-state index in [1.165, 1.54) is 11.3 Å². The third kappa shape index (κ3) is 3.61. The van der Waals surface area contributed by atoms with Gasteiger partial charge in [0.15, 0.2) is 0 Å². The summed E-state index contributed by atoms with van der Waals surface area (Å²) in [5.41, 5.74) is 2.38. The van der Waals surface area contributed by atoms with Gasteiger partial charge in [0.05, 0.1) is 0 Å². The van der Waals surface area contributed by atoms with E-state index in [-0.39, 0.29) is 32.7 Å².